The van der Waals surface area contributed by atoms with Gasteiger partial charge in [0.05, 0.1) is 17.2 Å². The summed E-state index contributed by atoms with van der Waals surface area (Å²) in [6, 6.07) is 19.6. The Morgan fingerprint density at radius 1 is 1.04 bits per heavy atom. The monoisotopic (exact) mass is 306 g/mol. The van der Waals surface area contributed by atoms with E-state index in [1.54, 1.807) is 0 Å². The molecule has 0 saturated heterocycles. The first-order valence-electron chi connectivity index (χ1n) is 7.86. The summed E-state index contributed by atoms with van der Waals surface area (Å²) >= 11 is 0. The second kappa shape index (κ2) is 5.32. The van der Waals surface area contributed by atoms with Crippen LogP contribution in [0.25, 0.3) is 0 Å². The fourth-order valence-electron chi connectivity index (χ4n) is 3.81. The van der Waals surface area contributed by atoms with Crippen molar-refractivity contribution in [3.05, 3.63) is 71.8 Å². The molecule has 0 bridgehead atoms. The van der Waals surface area contributed by atoms with E-state index in [4.69, 9.17) is 0 Å². The zero-order chi connectivity index (χ0) is 15.9. The molecule has 0 spiro atoms. The quantitative estimate of drug-likeness (QED) is 0.895. The van der Waals surface area contributed by atoms with Crippen LogP contribution in [0.3, 0.4) is 0 Å². The van der Waals surface area contributed by atoms with Gasteiger partial charge in [0.15, 0.2) is 0 Å². The minimum atomic E-state index is -0.997. The van der Waals surface area contributed by atoms with Crippen LogP contribution in [-0.2, 0) is 10.4 Å². The summed E-state index contributed by atoms with van der Waals surface area (Å²) in [6.07, 6.45) is 0.905. The number of benzene rings is 2. The number of hydrogen-bond donors (Lipinski definition) is 2. The Balaban J connectivity index is 1.78. The highest BCUT2D eigenvalue weighted by Crippen LogP contribution is 2.47. The molecule has 0 radical (unpaired) electrons. The van der Waals surface area contributed by atoms with E-state index >= 15 is 0 Å². The first kappa shape index (κ1) is 14.2. The molecule has 2 aromatic carbocycles. The molecule has 2 aliphatic rings. The van der Waals surface area contributed by atoms with Gasteiger partial charge in [0.25, 0.3) is 0 Å². The zero-order valence-electron chi connectivity index (χ0n) is 12.6. The molecule has 2 aromatic rings. The topological polar surface area (TPSA) is 61.7 Å². The molecule has 1 aliphatic carbocycles. The van der Waals surface area contributed by atoms with Crippen LogP contribution in [-0.4, -0.2) is 16.7 Å². The van der Waals surface area contributed by atoms with Gasteiger partial charge < -0.3 is 5.11 Å². The molecule has 1 heterocycles. The Hall–Kier alpha value is -2.46. The second-order valence-corrected chi connectivity index (χ2v) is 6.35. The second-order valence-electron chi connectivity index (χ2n) is 6.35. The van der Waals surface area contributed by atoms with E-state index in [9.17, 15) is 9.90 Å². The summed E-state index contributed by atoms with van der Waals surface area (Å²) in [7, 11) is 0. The molecule has 3 atom stereocenters. The lowest BCUT2D eigenvalue weighted by Gasteiger charge is -2.40. The molecule has 1 amide bonds. The first-order chi connectivity index (χ1) is 11.2. The number of rotatable bonds is 2. The van der Waals surface area contributed by atoms with Gasteiger partial charge in [-0.25, -0.2) is 5.43 Å². The standard InChI is InChI=1S/C19H18N2O2/c22-18-17-15(13-7-3-1-4-8-13)11-19(23,12-16(17)20-21-18)14-9-5-2-6-10-14/h1-10,15,17,23H,11-12H2,(H,21,22)/t15-,17+,19+/m1/s1. The highest BCUT2D eigenvalue weighted by molar-refractivity contribution is 6.09. The van der Waals surface area contributed by atoms with Crippen LogP contribution in [0, 0.1) is 5.92 Å². The van der Waals surface area contributed by atoms with Crippen molar-refractivity contribution in [2.75, 3.05) is 0 Å². The number of nitrogens with zero attached hydrogens (tertiary/aromatic N) is 1. The van der Waals surface area contributed by atoms with E-state index < -0.39 is 5.60 Å². The van der Waals surface area contributed by atoms with Crippen LogP contribution in [0.1, 0.15) is 29.9 Å². The Morgan fingerprint density at radius 3 is 2.39 bits per heavy atom. The zero-order valence-corrected chi connectivity index (χ0v) is 12.6. The van der Waals surface area contributed by atoms with Crippen molar-refractivity contribution in [3.8, 4) is 0 Å². The minimum absolute atomic E-state index is 0.0658. The van der Waals surface area contributed by atoms with E-state index in [0.29, 0.717) is 12.8 Å². The number of fused-ring (bicyclic) bond motifs is 1. The molecule has 4 nitrogen and oxygen atoms in total. The molecule has 1 saturated carbocycles. The largest absolute Gasteiger partial charge is 0.385 e. The third kappa shape index (κ3) is 2.35. The molecular weight excluding hydrogens is 288 g/mol. The lowest BCUT2D eigenvalue weighted by Crippen LogP contribution is -2.43. The summed E-state index contributed by atoms with van der Waals surface area (Å²) in [6.45, 7) is 0. The summed E-state index contributed by atoms with van der Waals surface area (Å²) in [5, 5.41) is 15.5. The summed E-state index contributed by atoms with van der Waals surface area (Å²) in [5.74, 6) is -0.415. The van der Waals surface area contributed by atoms with Gasteiger partial charge in [-0.15, -0.1) is 0 Å². The van der Waals surface area contributed by atoms with E-state index in [-0.39, 0.29) is 17.7 Å². The smallest absolute Gasteiger partial charge is 0.249 e. The van der Waals surface area contributed by atoms with Crippen molar-refractivity contribution < 1.29 is 9.90 Å². The van der Waals surface area contributed by atoms with Crippen molar-refractivity contribution in [3.63, 3.8) is 0 Å². The first-order valence-corrected chi connectivity index (χ1v) is 7.86. The predicted molar refractivity (Wildman–Crippen MR) is 87.8 cm³/mol. The lowest BCUT2D eigenvalue weighted by molar-refractivity contribution is -0.123. The molecule has 4 rings (SSSR count). The van der Waals surface area contributed by atoms with Crippen LogP contribution in [0.2, 0.25) is 0 Å². The number of carbonyl (C=O) groups excluding carboxylic acids is 1. The third-order valence-corrected chi connectivity index (χ3v) is 4.92. The maximum atomic E-state index is 12.2. The van der Waals surface area contributed by atoms with Crippen molar-refractivity contribution in [2.45, 2.75) is 24.4 Å². The Morgan fingerprint density at radius 2 is 1.70 bits per heavy atom. The van der Waals surface area contributed by atoms with E-state index in [1.165, 1.54) is 0 Å². The molecule has 0 aromatic heterocycles. The van der Waals surface area contributed by atoms with Crippen LogP contribution in [0.5, 0.6) is 0 Å². The van der Waals surface area contributed by atoms with Crippen molar-refractivity contribution >= 4 is 11.6 Å². The average Bonchev–Trinajstić information content (AvgIpc) is 2.96. The van der Waals surface area contributed by atoms with Gasteiger partial charge >= 0.3 is 0 Å². The van der Waals surface area contributed by atoms with Gasteiger partial charge in [-0.1, -0.05) is 60.7 Å². The number of nitrogens with one attached hydrogen (secondary N) is 1. The van der Waals surface area contributed by atoms with E-state index in [0.717, 1.165) is 16.8 Å². The summed E-state index contributed by atoms with van der Waals surface area (Å²) in [5.41, 5.74) is 4.29. The van der Waals surface area contributed by atoms with Crippen LogP contribution < -0.4 is 5.43 Å². The predicted octanol–water partition coefficient (Wildman–Crippen LogP) is 2.55. The molecule has 23 heavy (non-hydrogen) atoms. The highest BCUT2D eigenvalue weighted by atomic mass is 16.3. The average molecular weight is 306 g/mol. The maximum Gasteiger partial charge on any atom is 0.249 e. The number of hydrazone groups is 1. The van der Waals surface area contributed by atoms with Crippen molar-refractivity contribution in [1.29, 1.82) is 0 Å². The highest BCUT2D eigenvalue weighted by Gasteiger charge is 2.49. The molecule has 4 heteroatoms. The molecule has 1 fully saturated rings. The molecular formula is C19H18N2O2. The summed E-state index contributed by atoms with van der Waals surface area (Å²) in [4.78, 5) is 12.2. The number of aliphatic hydroxyl groups is 1. The lowest BCUT2D eigenvalue weighted by atomic mass is 9.66. The summed E-state index contributed by atoms with van der Waals surface area (Å²) < 4.78 is 0. The Kier molecular flexibility index (Phi) is 3.27. The van der Waals surface area contributed by atoms with Crippen LogP contribution >= 0.6 is 0 Å². The fraction of sp³-hybridized carbons (Fsp3) is 0.263. The minimum Gasteiger partial charge on any atom is -0.385 e. The maximum absolute atomic E-state index is 12.2. The van der Waals surface area contributed by atoms with Gasteiger partial charge in [0, 0.05) is 12.3 Å². The number of carbonyl (C=O) groups is 1. The van der Waals surface area contributed by atoms with E-state index in [1.807, 2.05) is 60.7 Å². The number of hydrogen-bond acceptors (Lipinski definition) is 3. The van der Waals surface area contributed by atoms with Gasteiger partial charge in [-0.3, -0.25) is 4.79 Å². The van der Waals surface area contributed by atoms with Crippen molar-refractivity contribution in [1.82, 2.24) is 5.43 Å². The Labute approximate surface area is 134 Å². The molecule has 116 valence electrons. The SMILES string of the molecule is O=C1NN=C2C[C@](O)(c3ccccc3)C[C@H](c3ccccc3)[C@H]12. The molecule has 2 N–H and O–H groups in total. The van der Waals surface area contributed by atoms with Crippen LogP contribution in [0.15, 0.2) is 65.8 Å². The third-order valence-electron chi connectivity index (χ3n) is 4.92. The van der Waals surface area contributed by atoms with Gasteiger partial charge in [-0.05, 0) is 17.5 Å². The number of amides is 1. The van der Waals surface area contributed by atoms with Gasteiger partial charge in [0.1, 0.15) is 0 Å². The van der Waals surface area contributed by atoms with Gasteiger partial charge in [-0.2, -0.15) is 5.10 Å². The fourth-order valence-corrected chi connectivity index (χ4v) is 3.81. The van der Waals surface area contributed by atoms with Gasteiger partial charge in [0.2, 0.25) is 5.91 Å². The Bertz CT molecular complexity index is 757. The molecule has 0 unspecified atom stereocenters. The normalized spacial score (nSPS) is 29.6. The van der Waals surface area contributed by atoms with Crippen molar-refractivity contribution in [2.24, 2.45) is 11.0 Å². The van der Waals surface area contributed by atoms with E-state index in [2.05, 4.69) is 10.5 Å². The van der Waals surface area contributed by atoms with Crippen LogP contribution in [0.4, 0.5) is 0 Å². The molecule has 1 aliphatic heterocycles.